The molecule has 3 rings (SSSR count). The second-order valence-corrected chi connectivity index (χ2v) is 6.66. The molecule has 0 unspecified atom stereocenters. The highest BCUT2D eigenvalue weighted by molar-refractivity contribution is 9.10. The Morgan fingerprint density at radius 2 is 1.82 bits per heavy atom. The van der Waals surface area contributed by atoms with Gasteiger partial charge in [-0.25, -0.2) is 9.78 Å². The Hall–Kier alpha value is -3.00. The quantitative estimate of drug-likeness (QED) is 0.434. The number of nitrogens with one attached hydrogen (secondary N) is 1. The van der Waals surface area contributed by atoms with Gasteiger partial charge in [-0.15, -0.1) is 0 Å². The van der Waals surface area contributed by atoms with Crippen LogP contribution >= 0.6 is 15.9 Å². The number of fused-ring (bicyclic) bond motifs is 1. The van der Waals surface area contributed by atoms with Crippen LogP contribution in [0.5, 0.6) is 17.2 Å². The van der Waals surface area contributed by atoms with Gasteiger partial charge in [0, 0.05) is 10.5 Å². The van der Waals surface area contributed by atoms with E-state index in [-0.39, 0.29) is 6.61 Å². The van der Waals surface area contributed by atoms with Gasteiger partial charge in [0.1, 0.15) is 12.4 Å². The number of hydrogen-bond acceptors (Lipinski definition) is 6. The Balaban J connectivity index is 1.67. The van der Waals surface area contributed by atoms with Gasteiger partial charge in [0.05, 0.1) is 32.4 Å². The molecule has 0 aliphatic carbocycles. The number of aromatic amines is 1. The lowest BCUT2D eigenvalue weighted by Crippen LogP contribution is -2.02. The van der Waals surface area contributed by atoms with Crippen LogP contribution in [-0.4, -0.2) is 37.3 Å². The van der Waals surface area contributed by atoms with E-state index in [1.165, 1.54) is 27.4 Å². The van der Waals surface area contributed by atoms with Crippen LogP contribution in [0.3, 0.4) is 0 Å². The van der Waals surface area contributed by atoms with Crippen molar-refractivity contribution in [3.8, 4) is 17.2 Å². The third kappa shape index (κ3) is 4.45. The average Bonchev–Trinajstić information content (AvgIpc) is 3.11. The molecule has 0 radical (unpaired) electrons. The normalized spacial score (nSPS) is 11.0. The molecule has 146 valence electrons. The Kier molecular flexibility index (Phi) is 6.20. The van der Waals surface area contributed by atoms with Gasteiger partial charge in [0.15, 0.2) is 11.5 Å². The largest absolute Gasteiger partial charge is 0.493 e. The number of ether oxygens (including phenoxy) is 4. The van der Waals surface area contributed by atoms with Gasteiger partial charge in [0.25, 0.3) is 0 Å². The molecular weight excluding hydrogens is 428 g/mol. The predicted octanol–water partition coefficient (Wildman–Crippen LogP) is 4.11. The number of esters is 1. The van der Waals surface area contributed by atoms with Crippen LogP contribution in [0.25, 0.3) is 17.1 Å². The standard InChI is InChI=1S/C20H19BrN2O5/c1-25-16-8-12(9-17(26-2)20(16)27-3)4-7-19(24)28-11-18-22-14-6-5-13(21)10-15(14)23-18/h4-10H,11H2,1-3H3,(H,22,23). The third-order valence-corrected chi connectivity index (χ3v) is 4.44. The second kappa shape index (κ2) is 8.79. The van der Waals surface area contributed by atoms with Gasteiger partial charge in [-0.3, -0.25) is 0 Å². The molecule has 0 aliphatic heterocycles. The van der Waals surface area contributed by atoms with Crippen molar-refractivity contribution in [3.63, 3.8) is 0 Å². The Morgan fingerprint density at radius 3 is 2.46 bits per heavy atom. The Bertz CT molecular complexity index is 1000. The van der Waals surface area contributed by atoms with Crippen LogP contribution in [0.4, 0.5) is 0 Å². The molecule has 28 heavy (non-hydrogen) atoms. The van der Waals surface area contributed by atoms with Gasteiger partial charge in [-0.1, -0.05) is 15.9 Å². The van der Waals surface area contributed by atoms with Crippen LogP contribution in [0, 0.1) is 0 Å². The zero-order valence-corrected chi connectivity index (χ0v) is 17.2. The lowest BCUT2D eigenvalue weighted by Gasteiger charge is -2.12. The number of carbonyl (C=O) groups excluding carboxylic acids is 1. The van der Waals surface area contributed by atoms with Crippen LogP contribution in [0.2, 0.25) is 0 Å². The average molecular weight is 447 g/mol. The summed E-state index contributed by atoms with van der Waals surface area (Å²) in [5, 5.41) is 0. The summed E-state index contributed by atoms with van der Waals surface area (Å²) in [5.74, 6) is 1.57. The summed E-state index contributed by atoms with van der Waals surface area (Å²) in [7, 11) is 4.60. The SMILES string of the molecule is COc1cc(C=CC(=O)OCc2nc3ccc(Br)cc3[nH]2)cc(OC)c1OC. The monoisotopic (exact) mass is 446 g/mol. The summed E-state index contributed by atoms with van der Waals surface area (Å²) in [4.78, 5) is 19.5. The first-order chi connectivity index (χ1) is 13.5. The summed E-state index contributed by atoms with van der Waals surface area (Å²) in [6.45, 7) is 0.0464. The minimum atomic E-state index is -0.490. The molecule has 0 saturated carbocycles. The van der Waals surface area contributed by atoms with Crippen molar-refractivity contribution in [2.45, 2.75) is 6.61 Å². The van der Waals surface area contributed by atoms with Crippen molar-refractivity contribution in [2.75, 3.05) is 21.3 Å². The number of hydrogen-bond donors (Lipinski definition) is 1. The minimum absolute atomic E-state index is 0.0464. The lowest BCUT2D eigenvalue weighted by molar-refractivity contribution is -0.139. The maximum Gasteiger partial charge on any atom is 0.331 e. The number of rotatable bonds is 7. The molecule has 8 heteroatoms. The van der Waals surface area contributed by atoms with Crippen LogP contribution in [-0.2, 0) is 16.1 Å². The smallest absolute Gasteiger partial charge is 0.331 e. The fourth-order valence-electron chi connectivity index (χ4n) is 2.65. The topological polar surface area (TPSA) is 82.7 Å². The minimum Gasteiger partial charge on any atom is -0.493 e. The lowest BCUT2D eigenvalue weighted by atomic mass is 10.1. The number of benzene rings is 2. The summed E-state index contributed by atoms with van der Waals surface area (Å²) < 4.78 is 22.1. The van der Waals surface area contributed by atoms with E-state index >= 15 is 0 Å². The van der Waals surface area contributed by atoms with Crippen LogP contribution in [0.15, 0.2) is 40.9 Å². The van der Waals surface area contributed by atoms with E-state index in [1.807, 2.05) is 18.2 Å². The molecule has 0 fully saturated rings. The Labute approximate surface area is 170 Å². The highest BCUT2D eigenvalue weighted by atomic mass is 79.9. The molecule has 1 aromatic heterocycles. The number of H-pyrrole nitrogens is 1. The molecule has 0 amide bonds. The first kappa shape index (κ1) is 19.8. The number of imidazole rings is 1. The number of nitrogens with zero attached hydrogens (tertiary/aromatic N) is 1. The maximum absolute atomic E-state index is 12.0. The number of halogens is 1. The fraction of sp³-hybridized carbons (Fsp3) is 0.200. The van der Waals surface area contributed by atoms with Gasteiger partial charge in [-0.2, -0.15) is 0 Å². The summed E-state index contributed by atoms with van der Waals surface area (Å²) >= 11 is 3.41. The maximum atomic E-state index is 12.0. The second-order valence-electron chi connectivity index (χ2n) is 5.74. The number of carbonyl (C=O) groups is 1. The predicted molar refractivity (Wildman–Crippen MR) is 109 cm³/mol. The van der Waals surface area contributed by atoms with E-state index in [2.05, 4.69) is 25.9 Å². The van der Waals surface area contributed by atoms with E-state index in [4.69, 9.17) is 18.9 Å². The van der Waals surface area contributed by atoms with Crippen molar-refractivity contribution in [1.29, 1.82) is 0 Å². The van der Waals surface area contributed by atoms with Gasteiger partial charge in [0.2, 0.25) is 5.75 Å². The number of aromatic nitrogens is 2. The molecule has 0 aliphatic rings. The van der Waals surface area contributed by atoms with Gasteiger partial charge < -0.3 is 23.9 Å². The fourth-order valence-corrected chi connectivity index (χ4v) is 3.01. The van der Waals surface area contributed by atoms with Crippen molar-refractivity contribution < 1.29 is 23.7 Å². The van der Waals surface area contributed by atoms with Gasteiger partial charge in [-0.05, 0) is 42.0 Å². The highest BCUT2D eigenvalue weighted by Crippen LogP contribution is 2.38. The van der Waals surface area contributed by atoms with E-state index in [0.717, 1.165) is 15.5 Å². The van der Waals surface area contributed by atoms with Crippen molar-refractivity contribution >= 4 is 39.0 Å². The van der Waals surface area contributed by atoms with E-state index in [0.29, 0.717) is 28.6 Å². The van der Waals surface area contributed by atoms with E-state index in [9.17, 15) is 4.79 Å². The summed E-state index contributed by atoms with van der Waals surface area (Å²) in [5.41, 5.74) is 2.38. The van der Waals surface area contributed by atoms with Crippen LogP contribution in [0.1, 0.15) is 11.4 Å². The summed E-state index contributed by atoms with van der Waals surface area (Å²) in [6, 6.07) is 9.17. The number of methoxy groups -OCH3 is 3. The summed E-state index contributed by atoms with van der Waals surface area (Å²) in [6.07, 6.45) is 2.95. The van der Waals surface area contributed by atoms with Crippen molar-refractivity contribution in [2.24, 2.45) is 0 Å². The van der Waals surface area contributed by atoms with Gasteiger partial charge >= 0.3 is 5.97 Å². The third-order valence-electron chi connectivity index (χ3n) is 3.94. The first-order valence-electron chi connectivity index (χ1n) is 8.33. The van der Waals surface area contributed by atoms with Crippen LogP contribution < -0.4 is 14.2 Å². The molecule has 7 nitrogen and oxygen atoms in total. The molecule has 2 aromatic carbocycles. The first-order valence-corrected chi connectivity index (χ1v) is 9.12. The zero-order chi connectivity index (χ0) is 20.1. The van der Waals surface area contributed by atoms with Crippen molar-refractivity contribution in [1.82, 2.24) is 9.97 Å². The molecule has 1 N–H and O–H groups in total. The zero-order valence-electron chi connectivity index (χ0n) is 15.6. The molecular formula is C20H19BrN2O5. The molecule has 1 heterocycles. The van der Waals surface area contributed by atoms with E-state index in [1.54, 1.807) is 18.2 Å². The highest BCUT2D eigenvalue weighted by Gasteiger charge is 2.12. The molecule has 0 spiro atoms. The van der Waals surface area contributed by atoms with E-state index < -0.39 is 5.97 Å². The molecule has 3 aromatic rings. The van der Waals surface area contributed by atoms with Crippen molar-refractivity contribution in [3.05, 3.63) is 52.3 Å². The molecule has 0 atom stereocenters. The molecule has 0 saturated heterocycles. The molecule has 0 bridgehead atoms. The Morgan fingerprint density at radius 1 is 1.11 bits per heavy atom.